The smallest absolute Gasteiger partial charge is 0.325 e. The van der Waals surface area contributed by atoms with Crippen LogP contribution in [0.2, 0.25) is 0 Å². The molecule has 1 N–H and O–H groups in total. The minimum atomic E-state index is -0.901. The predicted octanol–water partition coefficient (Wildman–Crippen LogP) is 2.84. The van der Waals surface area contributed by atoms with Gasteiger partial charge < -0.3 is 15.0 Å². The lowest BCUT2D eigenvalue weighted by molar-refractivity contribution is -0.137. The second kappa shape index (κ2) is 10.9. The van der Waals surface area contributed by atoms with E-state index in [0.717, 1.165) is 44.3 Å². The van der Waals surface area contributed by atoms with E-state index >= 15 is 0 Å². The molecule has 8 heteroatoms. The number of likely N-dealkylation sites (tertiary alicyclic amines) is 1. The number of ether oxygens (including phenoxy) is 1. The minimum absolute atomic E-state index is 0.0213. The molecule has 1 aromatic carbocycles. The van der Waals surface area contributed by atoms with Gasteiger partial charge >= 0.3 is 6.03 Å². The molecule has 0 aromatic heterocycles. The average molecular weight is 497 g/mol. The van der Waals surface area contributed by atoms with Crippen molar-refractivity contribution in [3.05, 3.63) is 35.9 Å². The van der Waals surface area contributed by atoms with Crippen LogP contribution in [-0.2, 0) is 14.3 Å². The number of amides is 4. The van der Waals surface area contributed by atoms with Crippen LogP contribution in [-0.4, -0.2) is 90.6 Å². The number of nitrogens with one attached hydrogen (secondary N) is 1. The summed E-state index contributed by atoms with van der Waals surface area (Å²) < 4.78 is 5.39. The molecule has 4 amide bonds. The highest BCUT2D eigenvalue weighted by molar-refractivity contribution is 6.07. The Kier molecular flexibility index (Phi) is 7.62. The van der Waals surface area contributed by atoms with E-state index in [1.165, 1.54) is 17.7 Å². The van der Waals surface area contributed by atoms with Gasteiger partial charge in [-0.3, -0.25) is 19.4 Å². The lowest BCUT2D eigenvalue weighted by Gasteiger charge is -2.40. The second-order valence-electron chi connectivity index (χ2n) is 11.1. The molecule has 3 heterocycles. The summed E-state index contributed by atoms with van der Waals surface area (Å²) in [5, 5.41) is 3.02. The van der Waals surface area contributed by atoms with Crippen molar-refractivity contribution in [2.45, 2.75) is 56.9 Å². The second-order valence-corrected chi connectivity index (χ2v) is 11.1. The highest BCUT2D eigenvalue weighted by Crippen LogP contribution is 2.40. The Labute approximate surface area is 214 Å². The van der Waals surface area contributed by atoms with Crippen LogP contribution in [0, 0.1) is 11.8 Å². The number of hydrogen-bond donors (Lipinski definition) is 1. The molecule has 0 spiro atoms. The summed E-state index contributed by atoms with van der Waals surface area (Å²) in [6.07, 6.45) is 6.06. The largest absolute Gasteiger partial charge is 0.379 e. The zero-order valence-corrected chi connectivity index (χ0v) is 21.5. The first-order chi connectivity index (χ1) is 17.5. The number of hydrogen-bond acceptors (Lipinski definition) is 5. The number of carbonyl (C=O) groups excluding carboxylic acids is 3. The topological polar surface area (TPSA) is 82.2 Å². The molecule has 0 bridgehead atoms. The lowest BCUT2D eigenvalue weighted by atomic mass is 9.78. The van der Waals surface area contributed by atoms with Crippen LogP contribution >= 0.6 is 0 Å². The summed E-state index contributed by atoms with van der Waals surface area (Å²) in [6.45, 7) is 7.26. The summed E-state index contributed by atoms with van der Waals surface area (Å²) in [5.41, 5.74) is 0.222. The van der Waals surface area contributed by atoms with Gasteiger partial charge in [-0.15, -0.1) is 0 Å². The van der Waals surface area contributed by atoms with Gasteiger partial charge in [0.2, 0.25) is 5.91 Å². The van der Waals surface area contributed by atoms with Crippen molar-refractivity contribution in [1.29, 1.82) is 0 Å². The van der Waals surface area contributed by atoms with E-state index in [0.29, 0.717) is 45.3 Å². The molecular weight excluding hydrogens is 456 g/mol. The van der Waals surface area contributed by atoms with E-state index in [1.807, 2.05) is 30.0 Å². The Morgan fingerprint density at radius 1 is 1.00 bits per heavy atom. The Balaban J connectivity index is 1.20. The van der Waals surface area contributed by atoms with E-state index in [-0.39, 0.29) is 29.7 Å². The van der Waals surface area contributed by atoms with Crippen LogP contribution in [0.4, 0.5) is 4.79 Å². The lowest BCUT2D eigenvalue weighted by Crippen LogP contribution is -2.55. The molecular formula is C28H40N4O4. The third-order valence-electron chi connectivity index (χ3n) is 8.96. The molecule has 3 aliphatic heterocycles. The van der Waals surface area contributed by atoms with Crippen LogP contribution in [0.25, 0.3) is 0 Å². The molecule has 1 aliphatic carbocycles. The van der Waals surface area contributed by atoms with Gasteiger partial charge in [0.25, 0.3) is 5.91 Å². The molecule has 8 nitrogen and oxygen atoms in total. The van der Waals surface area contributed by atoms with Crippen LogP contribution < -0.4 is 5.32 Å². The Morgan fingerprint density at radius 3 is 2.33 bits per heavy atom. The third-order valence-corrected chi connectivity index (χ3v) is 8.96. The first kappa shape index (κ1) is 25.2. The minimum Gasteiger partial charge on any atom is -0.379 e. The summed E-state index contributed by atoms with van der Waals surface area (Å²) in [7, 11) is 0. The molecule has 5 rings (SSSR count). The van der Waals surface area contributed by atoms with Crippen LogP contribution in [0.1, 0.15) is 56.9 Å². The highest BCUT2D eigenvalue weighted by atomic mass is 16.5. The molecule has 1 aromatic rings. The van der Waals surface area contributed by atoms with Gasteiger partial charge in [-0.05, 0) is 50.0 Å². The molecule has 3 saturated heterocycles. The van der Waals surface area contributed by atoms with Crippen LogP contribution in [0.5, 0.6) is 0 Å². The maximum atomic E-state index is 13.8. The van der Waals surface area contributed by atoms with Gasteiger partial charge in [-0.2, -0.15) is 0 Å². The van der Waals surface area contributed by atoms with E-state index < -0.39 is 5.54 Å². The van der Waals surface area contributed by atoms with Gasteiger partial charge in [-0.25, -0.2) is 4.79 Å². The van der Waals surface area contributed by atoms with Crippen LogP contribution in [0.15, 0.2) is 30.3 Å². The quantitative estimate of drug-likeness (QED) is 0.587. The van der Waals surface area contributed by atoms with E-state index in [4.69, 9.17) is 4.74 Å². The fourth-order valence-corrected chi connectivity index (χ4v) is 6.70. The molecule has 196 valence electrons. The highest BCUT2D eigenvalue weighted by Gasteiger charge is 2.53. The van der Waals surface area contributed by atoms with Crippen LogP contribution in [0.3, 0.4) is 0 Å². The molecule has 36 heavy (non-hydrogen) atoms. The molecule has 4 fully saturated rings. The van der Waals surface area contributed by atoms with E-state index in [9.17, 15) is 14.4 Å². The zero-order chi connectivity index (χ0) is 25.1. The molecule has 1 saturated carbocycles. The number of piperidine rings is 1. The number of morpholine rings is 1. The van der Waals surface area contributed by atoms with Crippen molar-refractivity contribution in [3.63, 3.8) is 0 Å². The Hall–Kier alpha value is -2.45. The average Bonchev–Trinajstić information content (AvgIpc) is 3.51. The monoisotopic (exact) mass is 496 g/mol. The molecule has 0 radical (unpaired) electrons. The first-order valence-corrected chi connectivity index (χ1v) is 13.8. The zero-order valence-electron chi connectivity index (χ0n) is 21.5. The first-order valence-electron chi connectivity index (χ1n) is 13.8. The maximum absolute atomic E-state index is 13.8. The number of nitrogens with zero attached hydrogens (tertiary/aromatic N) is 3. The van der Waals surface area contributed by atoms with E-state index in [1.54, 1.807) is 0 Å². The molecule has 4 aliphatic rings. The van der Waals surface area contributed by atoms with Gasteiger partial charge in [0, 0.05) is 39.3 Å². The fourth-order valence-electron chi connectivity index (χ4n) is 6.70. The summed E-state index contributed by atoms with van der Waals surface area (Å²) >= 11 is 0. The fraction of sp³-hybridized carbons (Fsp3) is 0.679. The Morgan fingerprint density at radius 2 is 1.67 bits per heavy atom. The molecule has 2 unspecified atom stereocenters. The van der Waals surface area contributed by atoms with Crippen molar-refractivity contribution in [3.8, 4) is 0 Å². The maximum Gasteiger partial charge on any atom is 0.325 e. The number of urea groups is 1. The third kappa shape index (κ3) is 5.02. The van der Waals surface area contributed by atoms with Crippen molar-refractivity contribution < 1.29 is 19.1 Å². The summed E-state index contributed by atoms with van der Waals surface area (Å²) in [4.78, 5) is 45.6. The number of carbonyl (C=O) groups is 3. The number of rotatable bonds is 7. The Bertz CT molecular complexity index is 936. The van der Waals surface area contributed by atoms with Gasteiger partial charge in [0.15, 0.2) is 0 Å². The van der Waals surface area contributed by atoms with Crippen molar-refractivity contribution in [2.24, 2.45) is 11.8 Å². The van der Waals surface area contributed by atoms with E-state index in [2.05, 4.69) is 22.3 Å². The number of imide groups is 1. The predicted molar refractivity (Wildman–Crippen MR) is 136 cm³/mol. The molecule has 2 atom stereocenters. The van der Waals surface area contributed by atoms with Crippen molar-refractivity contribution in [1.82, 2.24) is 20.0 Å². The number of benzene rings is 1. The standard InChI is InChI=1S/C28H40N4O4/c1-28(26(34)32(27(35)29-28)16-15-30-17-19-36-20-18-30)23-11-13-31(14-12-23)25(33)24(22-9-5-6-10-22)21-7-3-2-4-8-21/h2-4,7-8,22-24H,5-6,9-20H2,1H3,(H,29,35). The summed E-state index contributed by atoms with van der Waals surface area (Å²) in [6, 6.07) is 9.94. The normalized spacial score (nSPS) is 27.5. The van der Waals surface area contributed by atoms with Gasteiger partial charge in [-0.1, -0.05) is 43.2 Å². The van der Waals surface area contributed by atoms with Crippen molar-refractivity contribution >= 4 is 17.8 Å². The van der Waals surface area contributed by atoms with Crippen molar-refractivity contribution in [2.75, 3.05) is 52.5 Å². The van der Waals surface area contributed by atoms with Gasteiger partial charge in [0.1, 0.15) is 5.54 Å². The SMILES string of the molecule is CC1(C2CCN(C(=O)C(c3ccccc3)C3CCCC3)CC2)NC(=O)N(CCN2CCOCC2)C1=O. The van der Waals surface area contributed by atoms with Gasteiger partial charge in [0.05, 0.1) is 19.1 Å². The summed E-state index contributed by atoms with van der Waals surface area (Å²) in [5.74, 6) is 0.451.